The number of hydrogen-bond donors (Lipinski definition) is 0. The molecule has 0 radical (unpaired) electrons. The first-order chi connectivity index (χ1) is 7.51. The van der Waals surface area contributed by atoms with Gasteiger partial charge in [0.1, 0.15) is 5.78 Å². The largest absolute Gasteiger partial charge is 0.299 e. The number of Topliss-reactive ketones (excluding diaryl/α,β-unsaturated/α-hetero) is 1. The van der Waals surface area contributed by atoms with Gasteiger partial charge in [-0.05, 0) is 36.2 Å². The van der Waals surface area contributed by atoms with Crippen LogP contribution in [-0.4, -0.2) is 15.6 Å². The summed E-state index contributed by atoms with van der Waals surface area (Å²) in [4.78, 5) is 11.6. The molecule has 1 rings (SSSR count). The zero-order valence-electron chi connectivity index (χ0n) is 10.4. The van der Waals surface area contributed by atoms with E-state index in [1.165, 1.54) is 0 Å². The van der Waals surface area contributed by atoms with Gasteiger partial charge in [0.2, 0.25) is 0 Å². The van der Waals surface area contributed by atoms with Crippen LogP contribution in [0.2, 0.25) is 0 Å². The number of halogens is 1. The van der Waals surface area contributed by atoms with E-state index in [1.54, 1.807) is 0 Å². The Bertz CT molecular complexity index is 385. The van der Waals surface area contributed by atoms with Crippen LogP contribution in [-0.2, 0) is 17.8 Å². The molecule has 0 saturated carbocycles. The van der Waals surface area contributed by atoms with Gasteiger partial charge < -0.3 is 0 Å². The molecule has 1 aromatic heterocycles. The number of carbonyl (C=O) groups is 1. The molecule has 0 spiro atoms. The van der Waals surface area contributed by atoms with Crippen molar-refractivity contribution in [1.29, 1.82) is 0 Å². The maximum Gasteiger partial charge on any atom is 0.135 e. The summed E-state index contributed by atoms with van der Waals surface area (Å²) in [6.45, 7) is 8.78. The van der Waals surface area contributed by atoms with Crippen LogP contribution in [0, 0.1) is 12.8 Å². The lowest BCUT2D eigenvalue weighted by molar-refractivity contribution is -0.122. The number of hydrogen-bond acceptors (Lipinski definition) is 2. The van der Waals surface area contributed by atoms with Gasteiger partial charge in [-0.2, -0.15) is 5.10 Å². The number of ketones is 1. The molecule has 0 N–H and O–H groups in total. The average Bonchev–Trinajstić information content (AvgIpc) is 2.55. The molecular formula is C12H19BrN2O. The fourth-order valence-corrected chi connectivity index (χ4v) is 2.26. The third kappa shape index (κ3) is 2.73. The highest BCUT2D eigenvalue weighted by Crippen LogP contribution is 2.24. The molecule has 0 bridgehead atoms. The zero-order chi connectivity index (χ0) is 12.3. The summed E-state index contributed by atoms with van der Waals surface area (Å²) < 4.78 is 3.02. The molecule has 3 nitrogen and oxygen atoms in total. The van der Waals surface area contributed by atoms with Gasteiger partial charge in [0.15, 0.2) is 0 Å². The Kier molecular flexibility index (Phi) is 4.71. The second-order valence-corrected chi connectivity index (χ2v) is 4.88. The molecule has 90 valence electrons. The third-order valence-corrected chi connectivity index (χ3v) is 3.88. The molecule has 4 heteroatoms. The summed E-state index contributed by atoms with van der Waals surface area (Å²) >= 11 is 3.55. The molecule has 16 heavy (non-hydrogen) atoms. The first-order valence-corrected chi connectivity index (χ1v) is 6.55. The molecule has 0 fully saturated rings. The molecule has 0 amide bonds. The lowest BCUT2D eigenvalue weighted by Crippen LogP contribution is -2.15. The lowest BCUT2D eigenvalue weighted by atomic mass is 9.99. The highest BCUT2D eigenvalue weighted by Gasteiger charge is 2.18. The summed E-state index contributed by atoms with van der Waals surface area (Å²) in [5.41, 5.74) is 2.13. The van der Waals surface area contributed by atoms with Crippen molar-refractivity contribution >= 4 is 21.7 Å². The van der Waals surface area contributed by atoms with E-state index in [1.807, 2.05) is 25.5 Å². The molecule has 0 aliphatic heterocycles. The fraction of sp³-hybridized carbons (Fsp3) is 0.667. The number of aryl methyl sites for hydroxylation is 2. The third-order valence-electron chi connectivity index (χ3n) is 2.85. The van der Waals surface area contributed by atoms with E-state index in [-0.39, 0.29) is 5.92 Å². The first-order valence-electron chi connectivity index (χ1n) is 5.75. The van der Waals surface area contributed by atoms with Crippen molar-refractivity contribution in [2.24, 2.45) is 5.92 Å². The summed E-state index contributed by atoms with van der Waals surface area (Å²) in [5, 5.41) is 4.43. The van der Waals surface area contributed by atoms with Crippen LogP contribution in [0.5, 0.6) is 0 Å². The smallest absolute Gasteiger partial charge is 0.135 e. The summed E-state index contributed by atoms with van der Waals surface area (Å²) in [6, 6.07) is 0. The Labute approximate surface area is 105 Å². The van der Waals surface area contributed by atoms with E-state index in [0.29, 0.717) is 12.2 Å². The van der Waals surface area contributed by atoms with Crippen LogP contribution in [0.1, 0.15) is 38.6 Å². The van der Waals surface area contributed by atoms with E-state index in [4.69, 9.17) is 0 Å². The van der Waals surface area contributed by atoms with Crippen molar-refractivity contribution in [3.05, 3.63) is 15.9 Å². The minimum absolute atomic E-state index is 0.0719. The van der Waals surface area contributed by atoms with Crippen molar-refractivity contribution in [3.8, 4) is 0 Å². The van der Waals surface area contributed by atoms with E-state index >= 15 is 0 Å². The minimum Gasteiger partial charge on any atom is -0.299 e. The van der Waals surface area contributed by atoms with Crippen LogP contribution in [0.25, 0.3) is 0 Å². The first kappa shape index (κ1) is 13.4. The summed E-state index contributed by atoms with van der Waals surface area (Å²) in [7, 11) is 0. The fourth-order valence-electron chi connectivity index (χ4n) is 1.82. The van der Waals surface area contributed by atoms with Crippen LogP contribution in [0.4, 0.5) is 0 Å². The molecule has 0 aliphatic rings. The lowest BCUT2D eigenvalue weighted by Gasteiger charge is -2.11. The summed E-state index contributed by atoms with van der Waals surface area (Å²) in [5.74, 6) is 0.385. The zero-order valence-corrected chi connectivity index (χ0v) is 12.0. The molecule has 0 saturated heterocycles. The standard InChI is InChI=1S/C12H19BrN2O/c1-5-11(16)8(3)7-10-12(13)9(4)14-15(10)6-2/h8H,5-7H2,1-4H3. The van der Waals surface area contributed by atoms with Gasteiger partial charge in [-0.25, -0.2) is 0 Å². The molecule has 1 unspecified atom stereocenters. The SMILES string of the molecule is CCC(=O)C(C)Cc1c(Br)c(C)nn1CC. The van der Waals surface area contributed by atoms with Gasteiger partial charge in [-0.1, -0.05) is 13.8 Å². The minimum atomic E-state index is 0.0719. The Balaban J connectivity index is 2.91. The Morgan fingerprint density at radius 2 is 2.12 bits per heavy atom. The van der Waals surface area contributed by atoms with Gasteiger partial charge in [0.05, 0.1) is 15.9 Å². The number of carbonyl (C=O) groups excluding carboxylic acids is 1. The Morgan fingerprint density at radius 1 is 1.50 bits per heavy atom. The number of aromatic nitrogens is 2. The molecule has 1 heterocycles. The molecular weight excluding hydrogens is 268 g/mol. The maximum atomic E-state index is 11.6. The Hall–Kier alpha value is -0.640. The van der Waals surface area contributed by atoms with Gasteiger partial charge in [0.25, 0.3) is 0 Å². The molecule has 1 aromatic rings. The quantitative estimate of drug-likeness (QED) is 0.834. The number of nitrogens with zero attached hydrogens (tertiary/aromatic N) is 2. The van der Waals surface area contributed by atoms with E-state index in [2.05, 4.69) is 28.0 Å². The van der Waals surface area contributed by atoms with Crippen molar-refractivity contribution in [3.63, 3.8) is 0 Å². The molecule has 0 aromatic carbocycles. The van der Waals surface area contributed by atoms with Gasteiger partial charge >= 0.3 is 0 Å². The predicted molar refractivity (Wildman–Crippen MR) is 68.5 cm³/mol. The van der Waals surface area contributed by atoms with Gasteiger partial charge in [-0.3, -0.25) is 9.48 Å². The highest BCUT2D eigenvalue weighted by molar-refractivity contribution is 9.10. The normalized spacial score (nSPS) is 12.8. The average molecular weight is 287 g/mol. The van der Waals surface area contributed by atoms with E-state index in [0.717, 1.165) is 28.8 Å². The predicted octanol–water partition coefficient (Wildman–Crippen LogP) is 3.13. The van der Waals surface area contributed by atoms with Crippen LogP contribution < -0.4 is 0 Å². The van der Waals surface area contributed by atoms with E-state index < -0.39 is 0 Å². The van der Waals surface area contributed by atoms with Crippen LogP contribution >= 0.6 is 15.9 Å². The maximum absolute atomic E-state index is 11.6. The van der Waals surface area contributed by atoms with Crippen molar-refractivity contribution in [2.75, 3.05) is 0 Å². The topological polar surface area (TPSA) is 34.9 Å². The van der Waals surface area contributed by atoms with Crippen LogP contribution in [0.3, 0.4) is 0 Å². The van der Waals surface area contributed by atoms with Gasteiger partial charge in [-0.15, -0.1) is 0 Å². The van der Waals surface area contributed by atoms with Crippen molar-refractivity contribution < 1.29 is 4.79 Å². The van der Waals surface area contributed by atoms with Crippen LogP contribution in [0.15, 0.2) is 4.47 Å². The van der Waals surface area contributed by atoms with E-state index in [9.17, 15) is 4.79 Å². The second-order valence-electron chi connectivity index (χ2n) is 4.09. The van der Waals surface area contributed by atoms with Gasteiger partial charge in [0, 0.05) is 18.9 Å². The summed E-state index contributed by atoms with van der Waals surface area (Å²) in [6.07, 6.45) is 1.37. The molecule has 1 atom stereocenters. The monoisotopic (exact) mass is 286 g/mol. The Morgan fingerprint density at radius 3 is 2.62 bits per heavy atom. The molecule has 0 aliphatic carbocycles. The second kappa shape index (κ2) is 5.62. The van der Waals surface area contributed by atoms with Crippen molar-refractivity contribution in [2.45, 2.75) is 47.1 Å². The number of rotatable bonds is 5. The van der Waals surface area contributed by atoms with Crippen molar-refractivity contribution in [1.82, 2.24) is 9.78 Å². The highest BCUT2D eigenvalue weighted by atomic mass is 79.9.